The van der Waals surface area contributed by atoms with Gasteiger partial charge in [-0.15, -0.1) is 0 Å². The average Bonchev–Trinajstić information content (AvgIpc) is 2.41. The highest BCUT2D eigenvalue weighted by atomic mass is 19.1. The Morgan fingerprint density at radius 2 is 1.95 bits per heavy atom. The summed E-state index contributed by atoms with van der Waals surface area (Å²) in [5.41, 5.74) is 1.50. The maximum absolute atomic E-state index is 13.9. The second-order valence-corrected chi connectivity index (χ2v) is 5.80. The zero-order chi connectivity index (χ0) is 14.7. The predicted octanol–water partition coefficient (Wildman–Crippen LogP) is 4.59. The zero-order valence-electron chi connectivity index (χ0n) is 12.1. The van der Waals surface area contributed by atoms with E-state index in [1.54, 1.807) is 6.07 Å². The highest BCUT2D eigenvalue weighted by Crippen LogP contribution is 2.30. The molecule has 1 aliphatic rings. The van der Waals surface area contributed by atoms with Crippen LogP contribution in [0.4, 0.5) is 4.39 Å². The van der Waals surface area contributed by atoms with Gasteiger partial charge in [-0.05, 0) is 56.2 Å². The summed E-state index contributed by atoms with van der Waals surface area (Å²) in [5, 5.41) is 0. The quantitative estimate of drug-likeness (QED) is 0.596. The molecule has 0 saturated heterocycles. The van der Waals surface area contributed by atoms with Crippen LogP contribution in [0.3, 0.4) is 0 Å². The molecule has 1 aliphatic carbocycles. The largest absolute Gasteiger partial charge is 0.423 e. The highest BCUT2D eigenvalue weighted by molar-refractivity contribution is 5.75. The minimum atomic E-state index is -0.511. The number of hydrogen-bond acceptors (Lipinski definition) is 2. The van der Waals surface area contributed by atoms with Crippen LogP contribution in [-0.4, -0.2) is 5.97 Å². The Bertz CT molecular complexity index is 514. The van der Waals surface area contributed by atoms with Crippen LogP contribution in [0.15, 0.2) is 24.8 Å². The Morgan fingerprint density at radius 3 is 2.50 bits per heavy atom. The number of rotatable bonds is 3. The minimum absolute atomic E-state index is 0.0126. The van der Waals surface area contributed by atoms with Crippen molar-refractivity contribution >= 4 is 11.5 Å². The van der Waals surface area contributed by atoms with E-state index in [0.29, 0.717) is 11.5 Å². The van der Waals surface area contributed by atoms with Gasteiger partial charge in [-0.2, -0.15) is 0 Å². The Hall–Kier alpha value is -1.64. The Balaban J connectivity index is 2.02. The van der Waals surface area contributed by atoms with Gasteiger partial charge in [-0.25, -0.2) is 4.39 Å². The molecule has 0 aromatic heterocycles. The molecule has 0 unspecified atom stereocenters. The van der Waals surface area contributed by atoms with Crippen LogP contribution in [0.1, 0.15) is 45.1 Å². The van der Waals surface area contributed by atoms with Gasteiger partial charge in [0.15, 0.2) is 11.6 Å². The first-order valence-corrected chi connectivity index (χ1v) is 7.14. The van der Waals surface area contributed by atoms with Gasteiger partial charge in [-0.3, -0.25) is 4.79 Å². The molecule has 1 aromatic rings. The summed E-state index contributed by atoms with van der Waals surface area (Å²) in [6, 6.07) is 4.58. The van der Waals surface area contributed by atoms with E-state index < -0.39 is 5.82 Å². The summed E-state index contributed by atoms with van der Waals surface area (Å²) in [6.07, 6.45) is 3.75. The molecule has 2 nitrogen and oxygen atoms in total. The molecule has 0 aliphatic heterocycles. The van der Waals surface area contributed by atoms with Crippen molar-refractivity contribution in [3.05, 3.63) is 36.2 Å². The van der Waals surface area contributed by atoms with Gasteiger partial charge in [0.05, 0.1) is 5.92 Å². The van der Waals surface area contributed by atoms with Gasteiger partial charge >= 0.3 is 5.97 Å². The van der Waals surface area contributed by atoms with Gasteiger partial charge in [0.1, 0.15) is 0 Å². The standard InChI is InChI=1S/C17H21FO2/c1-11(2)14-8-9-16(15(18)10-14)20-17(19)13-6-4-12(3)5-7-13/h8-10,12-13H,1,4-7H2,2-3H3. The first kappa shape index (κ1) is 14.8. The zero-order valence-corrected chi connectivity index (χ0v) is 12.1. The van der Waals surface area contributed by atoms with Crippen LogP contribution in [0.5, 0.6) is 5.75 Å². The van der Waals surface area contributed by atoms with E-state index in [1.807, 2.05) is 6.92 Å². The summed E-state index contributed by atoms with van der Waals surface area (Å²) in [6.45, 7) is 7.76. The number of hydrogen-bond donors (Lipinski definition) is 0. The summed E-state index contributed by atoms with van der Waals surface area (Å²) in [5.74, 6) is -0.224. The van der Waals surface area contributed by atoms with Crippen molar-refractivity contribution in [2.45, 2.75) is 39.5 Å². The van der Waals surface area contributed by atoms with Crippen molar-refractivity contribution in [3.63, 3.8) is 0 Å². The molecule has 3 heteroatoms. The fourth-order valence-electron chi connectivity index (χ4n) is 2.54. The van der Waals surface area contributed by atoms with Crippen molar-refractivity contribution in [3.8, 4) is 5.75 Å². The lowest BCUT2D eigenvalue weighted by Gasteiger charge is -2.24. The average molecular weight is 276 g/mol. The lowest BCUT2D eigenvalue weighted by molar-refractivity contribution is -0.140. The van der Waals surface area contributed by atoms with Crippen molar-refractivity contribution in [1.29, 1.82) is 0 Å². The molecule has 2 rings (SSSR count). The normalized spacial score (nSPS) is 22.4. The minimum Gasteiger partial charge on any atom is -0.423 e. The second kappa shape index (κ2) is 6.21. The van der Waals surface area contributed by atoms with E-state index in [2.05, 4.69) is 13.5 Å². The second-order valence-electron chi connectivity index (χ2n) is 5.80. The van der Waals surface area contributed by atoms with Gasteiger partial charge in [0.25, 0.3) is 0 Å². The van der Waals surface area contributed by atoms with Gasteiger partial charge in [-0.1, -0.05) is 25.1 Å². The van der Waals surface area contributed by atoms with Crippen LogP contribution in [0.2, 0.25) is 0 Å². The predicted molar refractivity (Wildman–Crippen MR) is 77.9 cm³/mol. The van der Waals surface area contributed by atoms with Crippen molar-refractivity contribution in [1.82, 2.24) is 0 Å². The van der Waals surface area contributed by atoms with Crippen molar-refractivity contribution in [2.75, 3.05) is 0 Å². The lowest BCUT2D eigenvalue weighted by atomic mass is 9.83. The third-order valence-corrected chi connectivity index (χ3v) is 3.98. The molecular formula is C17H21FO2. The number of allylic oxidation sites excluding steroid dienone is 1. The third-order valence-electron chi connectivity index (χ3n) is 3.98. The van der Waals surface area contributed by atoms with E-state index in [0.717, 1.165) is 31.3 Å². The molecular weight excluding hydrogens is 255 g/mol. The first-order chi connectivity index (χ1) is 9.47. The van der Waals surface area contributed by atoms with Crippen molar-refractivity contribution in [2.24, 2.45) is 11.8 Å². The molecule has 0 radical (unpaired) electrons. The summed E-state index contributed by atoms with van der Waals surface area (Å²) in [4.78, 5) is 12.0. The van der Waals surface area contributed by atoms with Crippen molar-refractivity contribution < 1.29 is 13.9 Å². The molecule has 0 spiro atoms. The number of ether oxygens (including phenoxy) is 1. The number of esters is 1. The molecule has 0 amide bonds. The van der Waals surface area contributed by atoms with Crippen LogP contribution in [-0.2, 0) is 4.79 Å². The lowest BCUT2D eigenvalue weighted by Crippen LogP contribution is -2.25. The van der Waals surface area contributed by atoms with E-state index in [1.165, 1.54) is 12.1 Å². The molecule has 1 saturated carbocycles. The molecule has 0 atom stereocenters. The summed E-state index contributed by atoms with van der Waals surface area (Å²) < 4.78 is 19.1. The fourth-order valence-corrected chi connectivity index (χ4v) is 2.54. The first-order valence-electron chi connectivity index (χ1n) is 7.14. The van der Waals surface area contributed by atoms with E-state index in [4.69, 9.17) is 4.74 Å². The Kier molecular flexibility index (Phi) is 4.58. The SMILES string of the molecule is C=C(C)c1ccc(OC(=O)C2CCC(C)CC2)c(F)c1. The third kappa shape index (κ3) is 3.47. The van der Waals surface area contributed by atoms with Gasteiger partial charge in [0.2, 0.25) is 0 Å². The molecule has 0 bridgehead atoms. The maximum Gasteiger partial charge on any atom is 0.314 e. The number of carbonyl (C=O) groups excluding carboxylic acids is 1. The van der Waals surface area contributed by atoms with Crippen LogP contribution < -0.4 is 4.74 Å². The monoisotopic (exact) mass is 276 g/mol. The molecule has 108 valence electrons. The highest BCUT2D eigenvalue weighted by Gasteiger charge is 2.26. The maximum atomic E-state index is 13.9. The summed E-state index contributed by atoms with van der Waals surface area (Å²) >= 11 is 0. The smallest absolute Gasteiger partial charge is 0.314 e. The Labute approximate surface area is 119 Å². The van der Waals surface area contributed by atoms with E-state index in [-0.39, 0.29) is 17.6 Å². The Morgan fingerprint density at radius 1 is 1.30 bits per heavy atom. The van der Waals surface area contributed by atoms with Crippen LogP contribution in [0, 0.1) is 17.7 Å². The van der Waals surface area contributed by atoms with Crippen LogP contribution >= 0.6 is 0 Å². The van der Waals surface area contributed by atoms with Gasteiger partial charge in [0, 0.05) is 0 Å². The topological polar surface area (TPSA) is 26.3 Å². The van der Waals surface area contributed by atoms with Crippen LogP contribution in [0.25, 0.3) is 5.57 Å². The number of benzene rings is 1. The molecule has 1 aromatic carbocycles. The van der Waals surface area contributed by atoms with E-state index >= 15 is 0 Å². The molecule has 20 heavy (non-hydrogen) atoms. The molecule has 1 fully saturated rings. The van der Waals surface area contributed by atoms with E-state index in [9.17, 15) is 9.18 Å². The molecule has 0 heterocycles. The fraction of sp³-hybridized carbons (Fsp3) is 0.471. The summed E-state index contributed by atoms with van der Waals surface area (Å²) in [7, 11) is 0. The molecule has 0 N–H and O–H groups in total. The number of carbonyl (C=O) groups is 1. The number of halogens is 1. The van der Waals surface area contributed by atoms with Gasteiger partial charge < -0.3 is 4.74 Å².